The Morgan fingerprint density at radius 3 is 2.43 bits per heavy atom. The first-order chi connectivity index (χ1) is 3.31. The van der Waals surface area contributed by atoms with Crippen molar-refractivity contribution in [3.63, 3.8) is 0 Å². The molecule has 0 bridgehead atoms. The van der Waals surface area contributed by atoms with E-state index in [1.165, 1.54) is 0 Å². The molecular formula is C5H11N2. The van der Waals surface area contributed by atoms with E-state index < -0.39 is 0 Å². The Kier molecular flexibility index (Phi) is 3.38. The summed E-state index contributed by atoms with van der Waals surface area (Å²) in [5.74, 6) is 0. The van der Waals surface area contributed by atoms with E-state index in [2.05, 4.69) is 6.92 Å². The third-order valence-corrected chi connectivity index (χ3v) is 0.773. The predicted molar refractivity (Wildman–Crippen MR) is 31.1 cm³/mol. The molecule has 0 heterocycles. The van der Waals surface area contributed by atoms with Gasteiger partial charge in [-0.25, -0.2) is 0 Å². The van der Waals surface area contributed by atoms with Gasteiger partial charge >= 0.3 is 0 Å². The molecule has 0 aliphatic heterocycles. The van der Waals surface area contributed by atoms with Crippen LogP contribution in [0.2, 0.25) is 0 Å². The van der Waals surface area contributed by atoms with Crippen molar-refractivity contribution in [2.45, 2.75) is 13.3 Å². The Labute approximate surface area is 44.6 Å². The first-order valence-electron chi connectivity index (χ1n) is 2.49. The Hall–Kier alpha value is -0.530. The van der Waals surface area contributed by atoms with Crippen LogP contribution in [-0.4, -0.2) is 24.8 Å². The fraction of sp³-hybridized carbons (Fsp3) is 0.800. The highest BCUT2D eigenvalue weighted by atomic mass is 15.1. The van der Waals surface area contributed by atoms with Crippen molar-refractivity contribution < 1.29 is 0 Å². The lowest BCUT2D eigenvalue weighted by atomic mass is 10.5. The minimum absolute atomic E-state index is 0.927. The maximum atomic E-state index is 8.27. The van der Waals surface area contributed by atoms with Crippen molar-refractivity contribution >= 4 is 6.34 Å². The van der Waals surface area contributed by atoms with Crippen LogP contribution in [0.1, 0.15) is 13.3 Å². The third kappa shape index (κ3) is 3.30. The minimum Gasteiger partial charge on any atom is -0.364 e. The minimum atomic E-state index is 0.927. The van der Waals surface area contributed by atoms with Gasteiger partial charge in [0.1, 0.15) is 6.34 Å². The van der Waals surface area contributed by atoms with Crippen LogP contribution in [0.5, 0.6) is 0 Å². The molecular weight excluding hydrogens is 88.1 g/mol. The number of rotatable bonds is 3. The highest BCUT2D eigenvalue weighted by molar-refractivity contribution is 5.50. The van der Waals surface area contributed by atoms with E-state index in [-0.39, 0.29) is 0 Å². The Bertz CT molecular complexity index is 52.0. The smallest absolute Gasteiger partial charge is 0.113 e. The first-order valence-corrected chi connectivity index (χ1v) is 2.49. The molecule has 0 aliphatic carbocycles. The van der Waals surface area contributed by atoms with Crippen LogP contribution in [0.3, 0.4) is 0 Å². The second-order valence-corrected chi connectivity index (χ2v) is 1.60. The zero-order valence-electron chi connectivity index (χ0n) is 4.89. The molecule has 0 aromatic heterocycles. The quantitative estimate of drug-likeness (QED) is 0.365. The van der Waals surface area contributed by atoms with Crippen molar-refractivity contribution in [1.82, 2.24) is 10.3 Å². The topological polar surface area (TPSA) is 25.5 Å². The second kappa shape index (κ2) is 3.65. The zero-order chi connectivity index (χ0) is 5.70. The molecule has 1 radical (unpaired) electrons. The van der Waals surface area contributed by atoms with Crippen LogP contribution in [0, 0.1) is 0 Å². The number of hydrogen-bond donors (Lipinski definition) is 0. The molecule has 7 heavy (non-hydrogen) atoms. The number of nitrogens with zero attached hydrogens (tertiary/aromatic N) is 2. The van der Waals surface area contributed by atoms with Gasteiger partial charge < -0.3 is 4.90 Å². The van der Waals surface area contributed by atoms with E-state index >= 15 is 0 Å². The van der Waals surface area contributed by atoms with Crippen LogP contribution in [0.25, 0.3) is 0 Å². The summed E-state index contributed by atoms with van der Waals surface area (Å²) in [6.07, 6.45) is 2.16. The summed E-state index contributed by atoms with van der Waals surface area (Å²) in [6.45, 7) is 3.00. The fourth-order valence-electron chi connectivity index (χ4n) is 0.410. The molecule has 0 aromatic rings. The summed E-state index contributed by atoms with van der Waals surface area (Å²) in [6, 6.07) is 0. The van der Waals surface area contributed by atoms with Gasteiger partial charge in [-0.2, -0.15) is 0 Å². The molecule has 0 aliphatic rings. The SMILES string of the molecule is CCCN(C)C=[N]. The molecule has 0 N–H and O–H groups in total. The molecule has 0 saturated carbocycles. The van der Waals surface area contributed by atoms with Gasteiger partial charge in [0.25, 0.3) is 0 Å². The van der Waals surface area contributed by atoms with Crippen molar-refractivity contribution in [1.29, 1.82) is 0 Å². The Morgan fingerprint density at radius 1 is 1.71 bits per heavy atom. The first kappa shape index (κ1) is 6.47. The Balaban J connectivity index is 2.98. The fourth-order valence-corrected chi connectivity index (χ4v) is 0.410. The second-order valence-electron chi connectivity index (χ2n) is 1.60. The lowest BCUT2D eigenvalue weighted by Crippen LogP contribution is -2.16. The molecule has 0 unspecified atom stereocenters. The molecule has 0 amide bonds. The predicted octanol–water partition coefficient (Wildman–Crippen LogP) is 0.157. The zero-order valence-corrected chi connectivity index (χ0v) is 4.89. The normalized spacial score (nSPS) is 8.29. The molecule has 0 atom stereocenters. The number of hydrogen-bond acceptors (Lipinski definition) is 0. The van der Waals surface area contributed by atoms with Gasteiger partial charge in [0.15, 0.2) is 0 Å². The van der Waals surface area contributed by atoms with Gasteiger partial charge in [0.05, 0.1) is 0 Å². The van der Waals surface area contributed by atoms with E-state index in [9.17, 15) is 0 Å². The standard InChI is InChI=1S/C5H11N2/c1-3-4-7(2)5-6/h5H,3-4H2,1-2H3. The van der Waals surface area contributed by atoms with Crippen molar-refractivity contribution in [2.75, 3.05) is 13.6 Å². The molecule has 2 nitrogen and oxygen atoms in total. The molecule has 0 spiro atoms. The van der Waals surface area contributed by atoms with E-state index in [1.807, 2.05) is 7.05 Å². The molecule has 41 valence electrons. The molecule has 0 aromatic carbocycles. The summed E-state index contributed by atoms with van der Waals surface area (Å²) < 4.78 is 0. The van der Waals surface area contributed by atoms with Crippen molar-refractivity contribution in [2.24, 2.45) is 0 Å². The summed E-state index contributed by atoms with van der Waals surface area (Å²) in [4.78, 5) is 1.74. The van der Waals surface area contributed by atoms with Crippen LogP contribution in [0.15, 0.2) is 0 Å². The highest BCUT2D eigenvalue weighted by Gasteiger charge is 1.83. The van der Waals surface area contributed by atoms with E-state index in [0.29, 0.717) is 0 Å². The lowest BCUT2D eigenvalue weighted by Gasteiger charge is -2.07. The van der Waals surface area contributed by atoms with E-state index in [4.69, 9.17) is 5.41 Å². The third-order valence-electron chi connectivity index (χ3n) is 0.773. The monoisotopic (exact) mass is 99.1 g/mol. The van der Waals surface area contributed by atoms with Gasteiger partial charge in [0.2, 0.25) is 0 Å². The van der Waals surface area contributed by atoms with E-state index in [1.54, 1.807) is 4.90 Å². The van der Waals surface area contributed by atoms with E-state index in [0.717, 1.165) is 19.3 Å². The molecule has 0 rings (SSSR count). The summed E-state index contributed by atoms with van der Waals surface area (Å²) in [5.41, 5.74) is 0. The summed E-state index contributed by atoms with van der Waals surface area (Å²) in [7, 11) is 1.84. The van der Waals surface area contributed by atoms with Crippen molar-refractivity contribution in [3.8, 4) is 0 Å². The summed E-state index contributed by atoms with van der Waals surface area (Å²) in [5, 5.41) is 8.27. The molecule has 2 heteroatoms. The summed E-state index contributed by atoms with van der Waals surface area (Å²) >= 11 is 0. The van der Waals surface area contributed by atoms with Crippen LogP contribution < -0.4 is 5.41 Å². The lowest BCUT2D eigenvalue weighted by molar-refractivity contribution is 0.515. The largest absolute Gasteiger partial charge is 0.364 e. The average Bonchev–Trinajstić information content (AvgIpc) is 1.68. The van der Waals surface area contributed by atoms with Gasteiger partial charge in [-0.15, -0.1) is 5.41 Å². The van der Waals surface area contributed by atoms with Crippen LogP contribution >= 0.6 is 0 Å². The van der Waals surface area contributed by atoms with Gasteiger partial charge in [0, 0.05) is 13.6 Å². The van der Waals surface area contributed by atoms with Gasteiger partial charge in [-0.05, 0) is 6.42 Å². The van der Waals surface area contributed by atoms with Crippen LogP contribution in [0.4, 0.5) is 0 Å². The average molecular weight is 99.2 g/mol. The molecule has 0 fully saturated rings. The highest BCUT2D eigenvalue weighted by Crippen LogP contribution is 1.77. The Morgan fingerprint density at radius 2 is 2.29 bits per heavy atom. The van der Waals surface area contributed by atoms with Crippen molar-refractivity contribution in [3.05, 3.63) is 0 Å². The van der Waals surface area contributed by atoms with Crippen LogP contribution in [-0.2, 0) is 0 Å². The maximum absolute atomic E-state index is 8.27. The van der Waals surface area contributed by atoms with Gasteiger partial charge in [-0.1, -0.05) is 6.92 Å². The van der Waals surface area contributed by atoms with Gasteiger partial charge in [-0.3, -0.25) is 0 Å². The molecule has 0 saturated heterocycles. The maximum Gasteiger partial charge on any atom is 0.113 e.